The molecular formula is C6H10Cl2N2O2S. The van der Waals surface area contributed by atoms with Crippen molar-refractivity contribution in [1.29, 1.82) is 0 Å². The molecule has 1 heterocycles. The van der Waals surface area contributed by atoms with Gasteiger partial charge in [0.05, 0.1) is 5.51 Å². The first-order valence-corrected chi connectivity index (χ1v) is 3.94. The number of aliphatic carboxylic acids is 1. The molecule has 0 saturated carbocycles. The summed E-state index contributed by atoms with van der Waals surface area (Å²) in [5, 5.41) is 8.44. The maximum Gasteiger partial charge on any atom is 0.320 e. The van der Waals surface area contributed by atoms with Gasteiger partial charge in [-0.25, -0.2) is 0 Å². The van der Waals surface area contributed by atoms with Gasteiger partial charge in [-0.05, 0) is 0 Å². The van der Waals surface area contributed by atoms with E-state index in [9.17, 15) is 4.79 Å². The minimum absolute atomic E-state index is 0. The van der Waals surface area contributed by atoms with Crippen molar-refractivity contribution in [2.45, 2.75) is 12.5 Å². The number of halogens is 2. The summed E-state index contributed by atoms with van der Waals surface area (Å²) in [6.07, 6.45) is 1.99. The fraction of sp³-hybridized carbons (Fsp3) is 0.333. The normalized spacial score (nSPS) is 10.8. The van der Waals surface area contributed by atoms with E-state index in [1.807, 2.05) is 0 Å². The van der Waals surface area contributed by atoms with Crippen LogP contribution in [0.4, 0.5) is 0 Å². The van der Waals surface area contributed by atoms with Gasteiger partial charge in [0.2, 0.25) is 0 Å². The molecule has 1 atom stereocenters. The van der Waals surface area contributed by atoms with Crippen molar-refractivity contribution in [1.82, 2.24) is 4.98 Å². The zero-order valence-corrected chi connectivity index (χ0v) is 8.99. The monoisotopic (exact) mass is 244 g/mol. The summed E-state index contributed by atoms with van der Waals surface area (Å²) in [4.78, 5) is 15.0. The average Bonchev–Trinajstić information content (AvgIpc) is 2.39. The topological polar surface area (TPSA) is 76.2 Å². The second-order valence-corrected chi connectivity index (χ2v) is 3.09. The number of carboxylic acids is 1. The van der Waals surface area contributed by atoms with Crippen molar-refractivity contribution in [2.75, 3.05) is 0 Å². The molecule has 0 saturated heterocycles. The van der Waals surface area contributed by atoms with E-state index in [1.165, 1.54) is 11.3 Å². The number of rotatable bonds is 3. The first-order chi connectivity index (χ1) is 5.20. The fourth-order valence-electron chi connectivity index (χ4n) is 0.647. The number of thiazole rings is 1. The number of carboxylic acid groups (broad SMARTS) is 1. The lowest BCUT2D eigenvalue weighted by Crippen LogP contribution is -2.31. The highest BCUT2D eigenvalue weighted by atomic mass is 35.5. The van der Waals surface area contributed by atoms with Gasteiger partial charge in [0.1, 0.15) is 6.04 Å². The summed E-state index contributed by atoms with van der Waals surface area (Å²) in [6.45, 7) is 0. The van der Waals surface area contributed by atoms with Crippen LogP contribution in [-0.4, -0.2) is 22.1 Å². The maximum atomic E-state index is 10.3. The molecule has 13 heavy (non-hydrogen) atoms. The maximum absolute atomic E-state index is 10.3. The Morgan fingerprint density at radius 1 is 1.69 bits per heavy atom. The van der Waals surface area contributed by atoms with Gasteiger partial charge in [0.25, 0.3) is 0 Å². The zero-order chi connectivity index (χ0) is 8.27. The van der Waals surface area contributed by atoms with E-state index in [4.69, 9.17) is 10.8 Å². The van der Waals surface area contributed by atoms with Gasteiger partial charge < -0.3 is 10.8 Å². The first kappa shape index (κ1) is 15.1. The highest BCUT2D eigenvalue weighted by molar-refractivity contribution is 7.09. The molecule has 0 radical (unpaired) electrons. The number of hydrogen-bond acceptors (Lipinski definition) is 4. The molecule has 0 spiro atoms. The van der Waals surface area contributed by atoms with Crippen molar-refractivity contribution in [2.24, 2.45) is 5.73 Å². The Kier molecular flexibility index (Phi) is 8.24. The minimum atomic E-state index is -0.974. The summed E-state index contributed by atoms with van der Waals surface area (Å²) in [6, 6.07) is -0.810. The standard InChI is InChI=1S/C6H8N2O2S.2ClH/c7-5(6(9)10)1-4-2-8-3-11-4;;/h2-3,5H,1,7H2,(H,9,10);2*1H. The van der Waals surface area contributed by atoms with Crippen molar-refractivity contribution >= 4 is 42.1 Å². The van der Waals surface area contributed by atoms with E-state index in [0.29, 0.717) is 6.42 Å². The Morgan fingerprint density at radius 3 is 2.69 bits per heavy atom. The van der Waals surface area contributed by atoms with Crippen LogP contribution in [0.3, 0.4) is 0 Å². The molecule has 7 heteroatoms. The second kappa shape index (κ2) is 7.08. The summed E-state index contributed by atoms with van der Waals surface area (Å²) >= 11 is 1.41. The van der Waals surface area contributed by atoms with Gasteiger partial charge in [-0.2, -0.15) is 0 Å². The summed E-state index contributed by atoms with van der Waals surface area (Å²) in [5.74, 6) is -0.974. The van der Waals surface area contributed by atoms with Crippen molar-refractivity contribution in [3.8, 4) is 0 Å². The van der Waals surface area contributed by atoms with Crippen LogP contribution in [0.5, 0.6) is 0 Å². The molecule has 0 bridgehead atoms. The molecule has 0 aromatic carbocycles. The van der Waals surface area contributed by atoms with Crippen LogP contribution < -0.4 is 5.73 Å². The smallest absolute Gasteiger partial charge is 0.320 e. The van der Waals surface area contributed by atoms with E-state index >= 15 is 0 Å². The predicted molar refractivity (Wildman–Crippen MR) is 55.9 cm³/mol. The van der Waals surface area contributed by atoms with E-state index in [1.54, 1.807) is 11.7 Å². The first-order valence-electron chi connectivity index (χ1n) is 3.06. The molecule has 1 unspecified atom stereocenters. The number of nitrogens with zero attached hydrogens (tertiary/aromatic N) is 1. The molecule has 0 aliphatic carbocycles. The van der Waals surface area contributed by atoms with E-state index in [0.717, 1.165) is 4.88 Å². The van der Waals surface area contributed by atoms with Crippen molar-refractivity contribution in [3.63, 3.8) is 0 Å². The van der Waals surface area contributed by atoms with Crippen LogP contribution in [0.1, 0.15) is 4.88 Å². The van der Waals surface area contributed by atoms with Gasteiger partial charge in [-0.3, -0.25) is 9.78 Å². The lowest BCUT2D eigenvalue weighted by molar-refractivity contribution is -0.138. The molecule has 4 nitrogen and oxygen atoms in total. The van der Waals surface area contributed by atoms with Crippen LogP contribution in [-0.2, 0) is 11.2 Å². The molecular weight excluding hydrogens is 235 g/mol. The molecule has 1 aromatic rings. The van der Waals surface area contributed by atoms with Gasteiger partial charge >= 0.3 is 5.97 Å². The van der Waals surface area contributed by atoms with E-state index in [-0.39, 0.29) is 24.8 Å². The van der Waals surface area contributed by atoms with Gasteiger partial charge in [0.15, 0.2) is 0 Å². The van der Waals surface area contributed by atoms with E-state index in [2.05, 4.69) is 4.98 Å². The molecule has 0 amide bonds. The van der Waals surface area contributed by atoms with Crippen LogP contribution >= 0.6 is 36.2 Å². The molecule has 76 valence electrons. The Balaban J connectivity index is 0. The summed E-state index contributed by atoms with van der Waals surface area (Å²) < 4.78 is 0. The lowest BCUT2D eigenvalue weighted by Gasteiger charge is -2.01. The SMILES string of the molecule is Cl.Cl.NC(Cc1cncs1)C(=O)O. The molecule has 3 N–H and O–H groups in total. The van der Waals surface area contributed by atoms with Crippen LogP contribution in [0.25, 0.3) is 0 Å². The van der Waals surface area contributed by atoms with Gasteiger partial charge in [-0.15, -0.1) is 36.2 Å². The third-order valence-corrected chi connectivity index (χ3v) is 2.02. The molecule has 0 aliphatic heterocycles. The third kappa shape index (κ3) is 5.05. The van der Waals surface area contributed by atoms with Crippen LogP contribution in [0.15, 0.2) is 11.7 Å². The molecule has 0 aliphatic rings. The van der Waals surface area contributed by atoms with Crippen LogP contribution in [0, 0.1) is 0 Å². The lowest BCUT2D eigenvalue weighted by atomic mass is 10.2. The average molecular weight is 245 g/mol. The summed E-state index contributed by atoms with van der Waals surface area (Å²) in [7, 11) is 0. The second-order valence-electron chi connectivity index (χ2n) is 2.12. The Hall–Kier alpha value is -0.360. The van der Waals surface area contributed by atoms with Crippen molar-refractivity contribution in [3.05, 3.63) is 16.6 Å². The number of aromatic nitrogens is 1. The fourth-order valence-corrected chi connectivity index (χ4v) is 1.30. The minimum Gasteiger partial charge on any atom is -0.480 e. The highest BCUT2D eigenvalue weighted by Gasteiger charge is 2.12. The Labute approximate surface area is 92.0 Å². The predicted octanol–water partition coefficient (Wildman–Crippen LogP) is 0.941. The largest absolute Gasteiger partial charge is 0.480 e. The van der Waals surface area contributed by atoms with E-state index < -0.39 is 12.0 Å². The van der Waals surface area contributed by atoms with Crippen molar-refractivity contribution < 1.29 is 9.90 Å². The number of hydrogen-bond donors (Lipinski definition) is 2. The number of nitrogens with two attached hydrogens (primary N) is 1. The van der Waals surface area contributed by atoms with Gasteiger partial charge in [0, 0.05) is 17.5 Å². The van der Waals surface area contributed by atoms with Crippen LogP contribution in [0.2, 0.25) is 0 Å². The van der Waals surface area contributed by atoms with Gasteiger partial charge in [-0.1, -0.05) is 0 Å². The third-order valence-electron chi connectivity index (χ3n) is 1.22. The molecule has 1 rings (SSSR count). The zero-order valence-electron chi connectivity index (χ0n) is 6.54. The molecule has 0 fully saturated rings. The number of carbonyl (C=O) groups is 1. The quantitative estimate of drug-likeness (QED) is 0.830. The summed E-state index contributed by atoms with van der Waals surface area (Å²) in [5.41, 5.74) is 6.94. The molecule has 1 aromatic heterocycles. The Bertz CT molecular complexity index is 243. The Morgan fingerprint density at radius 2 is 2.31 bits per heavy atom. The highest BCUT2D eigenvalue weighted by Crippen LogP contribution is 2.07.